The van der Waals surface area contributed by atoms with Gasteiger partial charge in [-0.1, -0.05) is 53.5 Å². The monoisotopic (exact) mass is 457 g/mol. The second-order valence-corrected chi connectivity index (χ2v) is 8.12. The van der Waals surface area contributed by atoms with E-state index in [0.29, 0.717) is 16.1 Å². The lowest BCUT2D eigenvalue weighted by atomic mass is 10.2. The first kappa shape index (κ1) is 22.8. The molecule has 11 heteroatoms. The number of anilines is 1. The number of nitrogens with zero attached hydrogens (tertiary/aromatic N) is 1. The summed E-state index contributed by atoms with van der Waals surface area (Å²) in [5, 5.41) is 3.81. The fourth-order valence-electron chi connectivity index (χ4n) is 1.95. The standard InChI is InChI=1S/C18H17Cl2N3O5S/c1-12-14(19)9-21-18(17(12)20)23-15(24)11-28-16(25)10-22-29(26,27)8-7-13-5-3-2-4-6-13/h2-9,22H,10-11H2,1H3,(H,21,23,24). The molecule has 1 aromatic carbocycles. The maximum Gasteiger partial charge on any atom is 0.321 e. The van der Waals surface area contributed by atoms with Crippen LogP contribution < -0.4 is 10.0 Å². The molecule has 0 aliphatic carbocycles. The number of rotatable bonds is 8. The van der Waals surface area contributed by atoms with Gasteiger partial charge in [0.25, 0.3) is 5.91 Å². The Kier molecular flexibility index (Phi) is 8.15. The van der Waals surface area contributed by atoms with Crippen molar-refractivity contribution in [1.82, 2.24) is 9.71 Å². The maximum absolute atomic E-state index is 11.9. The van der Waals surface area contributed by atoms with Crippen molar-refractivity contribution in [2.24, 2.45) is 0 Å². The summed E-state index contributed by atoms with van der Waals surface area (Å²) in [4.78, 5) is 27.4. The van der Waals surface area contributed by atoms with Crippen molar-refractivity contribution in [3.63, 3.8) is 0 Å². The first-order chi connectivity index (χ1) is 13.7. The van der Waals surface area contributed by atoms with Gasteiger partial charge in [-0.25, -0.2) is 18.1 Å². The molecular weight excluding hydrogens is 441 g/mol. The van der Waals surface area contributed by atoms with E-state index in [4.69, 9.17) is 27.9 Å². The van der Waals surface area contributed by atoms with Crippen molar-refractivity contribution >= 4 is 57.0 Å². The molecule has 0 atom stereocenters. The van der Waals surface area contributed by atoms with Crippen molar-refractivity contribution in [2.45, 2.75) is 6.92 Å². The zero-order chi connectivity index (χ0) is 21.4. The summed E-state index contributed by atoms with van der Waals surface area (Å²) in [6.45, 7) is 0.383. The van der Waals surface area contributed by atoms with Gasteiger partial charge in [0.1, 0.15) is 6.54 Å². The summed E-state index contributed by atoms with van der Waals surface area (Å²) in [5.74, 6) is -1.55. The van der Waals surface area contributed by atoms with Gasteiger partial charge in [-0.15, -0.1) is 0 Å². The normalized spacial score (nSPS) is 11.4. The topological polar surface area (TPSA) is 114 Å². The first-order valence-electron chi connectivity index (χ1n) is 8.17. The number of halogens is 2. The largest absolute Gasteiger partial charge is 0.455 e. The van der Waals surface area contributed by atoms with Crippen LogP contribution >= 0.6 is 23.2 Å². The number of hydrogen-bond acceptors (Lipinski definition) is 6. The van der Waals surface area contributed by atoms with E-state index < -0.39 is 35.1 Å². The minimum Gasteiger partial charge on any atom is -0.455 e. The predicted octanol–water partition coefficient (Wildman–Crippen LogP) is 2.77. The SMILES string of the molecule is Cc1c(Cl)cnc(NC(=O)COC(=O)CNS(=O)(=O)C=Cc2ccccc2)c1Cl. The lowest BCUT2D eigenvalue weighted by Crippen LogP contribution is -2.31. The van der Waals surface area contributed by atoms with Crippen LogP contribution in [-0.2, 0) is 24.3 Å². The Labute approximate surface area is 177 Å². The molecule has 0 unspecified atom stereocenters. The molecule has 0 aliphatic rings. The molecule has 1 amide bonds. The molecule has 1 aromatic heterocycles. The molecule has 2 rings (SSSR count). The number of ether oxygens (including phenoxy) is 1. The molecule has 0 spiro atoms. The van der Waals surface area contributed by atoms with Crippen molar-refractivity contribution in [1.29, 1.82) is 0 Å². The second kappa shape index (κ2) is 10.4. The highest BCUT2D eigenvalue weighted by Crippen LogP contribution is 2.28. The Bertz CT molecular complexity index is 1030. The van der Waals surface area contributed by atoms with Gasteiger partial charge in [0.15, 0.2) is 12.4 Å². The number of hydrogen-bond donors (Lipinski definition) is 2. The van der Waals surface area contributed by atoms with Gasteiger partial charge in [0, 0.05) is 11.6 Å². The third kappa shape index (κ3) is 7.47. The van der Waals surface area contributed by atoms with E-state index in [0.717, 1.165) is 5.41 Å². The Hall–Kier alpha value is -2.46. The van der Waals surface area contributed by atoms with Crippen LogP contribution in [0.15, 0.2) is 41.9 Å². The molecule has 1 heterocycles. The molecular formula is C18H17Cl2N3O5S. The van der Waals surface area contributed by atoms with Crippen LogP contribution in [0.1, 0.15) is 11.1 Å². The van der Waals surface area contributed by atoms with Gasteiger partial charge in [-0.2, -0.15) is 0 Å². The average Bonchev–Trinajstić information content (AvgIpc) is 2.70. The molecule has 154 valence electrons. The molecule has 8 nitrogen and oxygen atoms in total. The van der Waals surface area contributed by atoms with Crippen LogP contribution in [0.3, 0.4) is 0 Å². The number of nitrogens with one attached hydrogen (secondary N) is 2. The van der Waals surface area contributed by atoms with Crippen LogP contribution in [0.5, 0.6) is 0 Å². The van der Waals surface area contributed by atoms with E-state index in [1.807, 2.05) is 0 Å². The molecule has 2 aromatic rings. The van der Waals surface area contributed by atoms with Gasteiger partial charge in [-0.05, 0) is 24.1 Å². The summed E-state index contributed by atoms with van der Waals surface area (Å²) >= 11 is 11.9. The van der Waals surface area contributed by atoms with Gasteiger partial charge < -0.3 is 10.1 Å². The van der Waals surface area contributed by atoms with Crippen molar-refractivity contribution in [2.75, 3.05) is 18.5 Å². The van der Waals surface area contributed by atoms with Crippen LogP contribution in [0, 0.1) is 6.92 Å². The lowest BCUT2D eigenvalue weighted by molar-refractivity contribution is -0.146. The predicted molar refractivity (Wildman–Crippen MR) is 111 cm³/mol. The van der Waals surface area contributed by atoms with Gasteiger partial charge in [0.2, 0.25) is 10.0 Å². The van der Waals surface area contributed by atoms with Crippen LogP contribution in [0.2, 0.25) is 10.0 Å². The summed E-state index contributed by atoms with van der Waals surface area (Å²) in [6.07, 6.45) is 2.70. The Morgan fingerprint density at radius 1 is 1.21 bits per heavy atom. The lowest BCUT2D eigenvalue weighted by Gasteiger charge is -2.09. The quantitative estimate of drug-likeness (QED) is 0.588. The van der Waals surface area contributed by atoms with E-state index in [9.17, 15) is 18.0 Å². The third-order valence-corrected chi connectivity index (χ3v) is 5.37. The highest BCUT2D eigenvalue weighted by Gasteiger charge is 2.14. The second-order valence-electron chi connectivity index (χ2n) is 5.68. The van der Waals surface area contributed by atoms with E-state index in [1.54, 1.807) is 37.3 Å². The van der Waals surface area contributed by atoms with Gasteiger partial charge in [0.05, 0.1) is 10.0 Å². The molecule has 0 saturated carbocycles. The Morgan fingerprint density at radius 2 is 1.90 bits per heavy atom. The first-order valence-corrected chi connectivity index (χ1v) is 10.5. The average molecular weight is 458 g/mol. The number of benzene rings is 1. The fraction of sp³-hybridized carbons (Fsp3) is 0.167. The number of sulfonamides is 1. The van der Waals surface area contributed by atoms with Gasteiger partial charge >= 0.3 is 5.97 Å². The Morgan fingerprint density at radius 3 is 2.59 bits per heavy atom. The molecule has 0 fully saturated rings. The molecule has 0 radical (unpaired) electrons. The summed E-state index contributed by atoms with van der Waals surface area (Å²) < 4.78 is 30.5. The van der Waals surface area contributed by atoms with Crippen LogP contribution in [0.25, 0.3) is 6.08 Å². The van der Waals surface area contributed by atoms with Crippen LogP contribution in [-0.4, -0.2) is 38.4 Å². The van der Waals surface area contributed by atoms with E-state index in [-0.39, 0.29) is 10.8 Å². The fourth-order valence-corrected chi connectivity index (χ4v) is 3.09. The molecule has 0 aliphatic heterocycles. The summed E-state index contributed by atoms with van der Waals surface area (Å²) in [6, 6.07) is 8.77. The van der Waals surface area contributed by atoms with Crippen LogP contribution in [0.4, 0.5) is 5.82 Å². The molecule has 2 N–H and O–H groups in total. The highest BCUT2D eigenvalue weighted by atomic mass is 35.5. The number of carbonyl (C=O) groups is 2. The number of amides is 1. The summed E-state index contributed by atoms with van der Waals surface area (Å²) in [7, 11) is -3.85. The number of aromatic nitrogens is 1. The number of carbonyl (C=O) groups excluding carboxylic acids is 2. The minimum atomic E-state index is -3.85. The highest BCUT2D eigenvalue weighted by molar-refractivity contribution is 7.92. The van der Waals surface area contributed by atoms with E-state index in [1.165, 1.54) is 12.3 Å². The minimum absolute atomic E-state index is 0.0707. The van der Waals surface area contributed by atoms with Crippen molar-refractivity contribution in [3.8, 4) is 0 Å². The molecule has 29 heavy (non-hydrogen) atoms. The number of esters is 1. The molecule has 0 bridgehead atoms. The van der Waals surface area contributed by atoms with Crippen molar-refractivity contribution in [3.05, 3.63) is 63.1 Å². The maximum atomic E-state index is 11.9. The number of pyridine rings is 1. The van der Waals surface area contributed by atoms with Gasteiger partial charge in [-0.3, -0.25) is 9.59 Å². The Balaban J connectivity index is 1.80. The third-order valence-electron chi connectivity index (χ3n) is 3.48. The van der Waals surface area contributed by atoms with E-state index >= 15 is 0 Å². The summed E-state index contributed by atoms with van der Waals surface area (Å²) in [5.41, 5.74) is 1.22. The zero-order valence-electron chi connectivity index (χ0n) is 15.2. The molecule has 0 saturated heterocycles. The van der Waals surface area contributed by atoms with Crippen molar-refractivity contribution < 1.29 is 22.7 Å². The zero-order valence-corrected chi connectivity index (χ0v) is 17.5. The smallest absolute Gasteiger partial charge is 0.321 e. The van der Waals surface area contributed by atoms with E-state index in [2.05, 4.69) is 15.0 Å².